The second-order valence-corrected chi connectivity index (χ2v) is 4.46. The van der Waals surface area contributed by atoms with Gasteiger partial charge in [0.2, 0.25) is 0 Å². The van der Waals surface area contributed by atoms with Crippen LogP contribution in [0.5, 0.6) is 0 Å². The van der Waals surface area contributed by atoms with Crippen LogP contribution in [0.2, 0.25) is 0 Å². The summed E-state index contributed by atoms with van der Waals surface area (Å²) in [6.07, 6.45) is 0.834. The zero-order valence-corrected chi connectivity index (χ0v) is 8.99. The first-order valence-corrected chi connectivity index (χ1v) is 5.56. The Morgan fingerprint density at radius 3 is 2.88 bits per heavy atom. The number of cyclic esters (lactones) is 1. The van der Waals surface area contributed by atoms with Crippen LogP contribution in [0.4, 0.5) is 8.78 Å². The predicted molar refractivity (Wildman–Crippen MR) is 53.1 cm³/mol. The standard InChI is InChI=1S/C10H16F2N2O2/c11-10(12)4-8(16-9(10)15)6-14-3-1-2-7(14)5-13/h7-8H,1-6,13H2. The summed E-state index contributed by atoms with van der Waals surface area (Å²) < 4.78 is 30.5. The summed E-state index contributed by atoms with van der Waals surface area (Å²) in [5.41, 5.74) is 5.58. The summed E-state index contributed by atoms with van der Waals surface area (Å²) >= 11 is 0. The number of halogens is 2. The van der Waals surface area contributed by atoms with E-state index in [0.29, 0.717) is 13.1 Å². The lowest BCUT2D eigenvalue weighted by molar-refractivity contribution is -0.159. The molecule has 0 amide bonds. The number of nitrogens with two attached hydrogens (primary N) is 1. The van der Waals surface area contributed by atoms with Crippen molar-refractivity contribution in [2.45, 2.75) is 37.3 Å². The van der Waals surface area contributed by atoms with E-state index in [4.69, 9.17) is 5.73 Å². The molecule has 2 saturated heterocycles. The Kier molecular flexibility index (Phi) is 3.12. The fourth-order valence-electron chi connectivity index (χ4n) is 2.41. The lowest BCUT2D eigenvalue weighted by Crippen LogP contribution is -2.40. The zero-order chi connectivity index (χ0) is 11.8. The Labute approximate surface area is 92.7 Å². The molecular weight excluding hydrogens is 218 g/mol. The summed E-state index contributed by atoms with van der Waals surface area (Å²) in [4.78, 5) is 12.9. The molecule has 2 N–H and O–H groups in total. The predicted octanol–water partition coefficient (Wildman–Crippen LogP) is 0.360. The molecule has 4 nitrogen and oxygen atoms in total. The first kappa shape index (κ1) is 11.7. The normalized spacial score (nSPS) is 34.3. The van der Waals surface area contributed by atoms with Crippen molar-refractivity contribution < 1.29 is 18.3 Å². The van der Waals surface area contributed by atoms with E-state index in [1.54, 1.807) is 0 Å². The second kappa shape index (κ2) is 4.25. The summed E-state index contributed by atoms with van der Waals surface area (Å²) in [6, 6.07) is 0.243. The van der Waals surface area contributed by atoms with Crippen LogP contribution in [-0.4, -0.2) is 48.6 Å². The molecule has 2 heterocycles. The van der Waals surface area contributed by atoms with Gasteiger partial charge in [-0.3, -0.25) is 4.90 Å². The van der Waals surface area contributed by atoms with E-state index in [1.807, 2.05) is 4.90 Å². The molecule has 0 aromatic carbocycles. The van der Waals surface area contributed by atoms with E-state index in [0.717, 1.165) is 19.4 Å². The van der Waals surface area contributed by atoms with Gasteiger partial charge in [-0.25, -0.2) is 4.79 Å². The number of rotatable bonds is 3. The minimum Gasteiger partial charge on any atom is -0.456 e. The van der Waals surface area contributed by atoms with E-state index in [2.05, 4.69) is 4.74 Å². The largest absolute Gasteiger partial charge is 0.456 e. The molecule has 2 aliphatic rings. The van der Waals surface area contributed by atoms with Crippen LogP contribution in [0.3, 0.4) is 0 Å². The van der Waals surface area contributed by atoms with Gasteiger partial charge < -0.3 is 10.5 Å². The summed E-state index contributed by atoms with van der Waals surface area (Å²) in [5, 5.41) is 0. The Bertz CT molecular complexity index is 286. The van der Waals surface area contributed by atoms with Gasteiger partial charge in [-0.05, 0) is 19.4 Å². The minimum atomic E-state index is -3.30. The molecule has 2 unspecified atom stereocenters. The smallest absolute Gasteiger partial charge is 0.377 e. The number of carbonyl (C=O) groups excluding carboxylic acids is 1. The SMILES string of the molecule is NCC1CCCN1CC1CC(F)(F)C(=O)O1. The van der Waals surface area contributed by atoms with Crippen LogP contribution in [0.15, 0.2) is 0 Å². The monoisotopic (exact) mass is 234 g/mol. The van der Waals surface area contributed by atoms with Crippen molar-refractivity contribution >= 4 is 5.97 Å². The molecular formula is C10H16F2N2O2. The fourth-order valence-corrected chi connectivity index (χ4v) is 2.41. The molecule has 0 radical (unpaired) electrons. The number of carbonyl (C=O) groups is 1. The maximum atomic E-state index is 12.9. The van der Waals surface area contributed by atoms with Crippen molar-refractivity contribution in [1.82, 2.24) is 4.90 Å². The Balaban J connectivity index is 1.89. The van der Waals surface area contributed by atoms with E-state index < -0.39 is 24.4 Å². The van der Waals surface area contributed by atoms with Gasteiger partial charge in [0.1, 0.15) is 6.10 Å². The third-order valence-corrected chi connectivity index (χ3v) is 3.27. The molecule has 6 heteroatoms. The van der Waals surface area contributed by atoms with Crippen molar-refractivity contribution in [2.24, 2.45) is 5.73 Å². The maximum absolute atomic E-state index is 12.9. The molecule has 2 fully saturated rings. The highest BCUT2D eigenvalue weighted by Crippen LogP contribution is 2.32. The van der Waals surface area contributed by atoms with E-state index in [9.17, 15) is 13.6 Å². The molecule has 92 valence electrons. The van der Waals surface area contributed by atoms with Crippen LogP contribution < -0.4 is 5.73 Å². The van der Waals surface area contributed by atoms with Gasteiger partial charge in [0.05, 0.1) is 6.42 Å². The number of likely N-dealkylation sites (tertiary alicyclic amines) is 1. The first-order chi connectivity index (χ1) is 7.53. The van der Waals surface area contributed by atoms with Gasteiger partial charge in [0.25, 0.3) is 0 Å². The lowest BCUT2D eigenvalue weighted by Gasteiger charge is -2.25. The van der Waals surface area contributed by atoms with Crippen molar-refractivity contribution in [1.29, 1.82) is 0 Å². The highest BCUT2D eigenvalue weighted by atomic mass is 19.3. The third-order valence-electron chi connectivity index (χ3n) is 3.27. The zero-order valence-electron chi connectivity index (χ0n) is 8.99. The van der Waals surface area contributed by atoms with Gasteiger partial charge in [0.15, 0.2) is 0 Å². The molecule has 0 saturated carbocycles. The molecule has 0 spiro atoms. The van der Waals surface area contributed by atoms with Gasteiger partial charge >= 0.3 is 11.9 Å². The number of nitrogens with zero attached hydrogens (tertiary/aromatic N) is 1. The van der Waals surface area contributed by atoms with Crippen LogP contribution in [0, 0.1) is 0 Å². The van der Waals surface area contributed by atoms with Gasteiger partial charge in [-0.1, -0.05) is 0 Å². The van der Waals surface area contributed by atoms with Crippen molar-refractivity contribution in [2.75, 3.05) is 19.6 Å². The van der Waals surface area contributed by atoms with Gasteiger partial charge in [0, 0.05) is 19.1 Å². The van der Waals surface area contributed by atoms with Crippen molar-refractivity contribution in [3.05, 3.63) is 0 Å². The van der Waals surface area contributed by atoms with Crippen LogP contribution in [0.25, 0.3) is 0 Å². The summed E-state index contributed by atoms with van der Waals surface area (Å²) in [6.45, 7) is 1.75. The Morgan fingerprint density at radius 2 is 2.31 bits per heavy atom. The van der Waals surface area contributed by atoms with Gasteiger partial charge in [-0.2, -0.15) is 8.78 Å². The highest BCUT2D eigenvalue weighted by molar-refractivity contribution is 5.79. The molecule has 0 aromatic heterocycles. The molecule has 0 aliphatic carbocycles. The minimum absolute atomic E-state index is 0.243. The van der Waals surface area contributed by atoms with Crippen molar-refractivity contribution in [3.63, 3.8) is 0 Å². The quantitative estimate of drug-likeness (QED) is 0.716. The summed E-state index contributed by atoms with van der Waals surface area (Å²) in [5.74, 6) is -4.69. The highest BCUT2D eigenvalue weighted by Gasteiger charge is 2.51. The average Bonchev–Trinajstić information content (AvgIpc) is 2.73. The maximum Gasteiger partial charge on any atom is 0.377 e. The molecule has 2 aliphatic heterocycles. The second-order valence-electron chi connectivity index (χ2n) is 4.46. The summed E-state index contributed by atoms with van der Waals surface area (Å²) in [7, 11) is 0. The molecule has 16 heavy (non-hydrogen) atoms. The van der Waals surface area contributed by atoms with Crippen LogP contribution >= 0.6 is 0 Å². The molecule has 2 atom stereocenters. The third kappa shape index (κ3) is 2.17. The first-order valence-electron chi connectivity index (χ1n) is 5.56. The Hall–Kier alpha value is -0.750. The van der Waals surface area contributed by atoms with Crippen LogP contribution in [-0.2, 0) is 9.53 Å². The number of alkyl halides is 2. The number of ether oxygens (including phenoxy) is 1. The van der Waals surface area contributed by atoms with E-state index >= 15 is 0 Å². The lowest BCUT2D eigenvalue weighted by atomic mass is 10.1. The fraction of sp³-hybridized carbons (Fsp3) is 0.900. The average molecular weight is 234 g/mol. The number of hydrogen-bond donors (Lipinski definition) is 1. The molecule has 0 aromatic rings. The van der Waals surface area contributed by atoms with Gasteiger partial charge in [-0.15, -0.1) is 0 Å². The number of hydrogen-bond acceptors (Lipinski definition) is 4. The Morgan fingerprint density at radius 1 is 1.56 bits per heavy atom. The topological polar surface area (TPSA) is 55.6 Å². The van der Waals surface area contributed by atoms with Crippen LogP contribution in [0.1, 0.15) is 19.3 Å². The molecule has 2 rings (SSSR count). The van der Waals surface area contributed by atoms with Crippen molar-refractivity contribution in [3.8, 4) is 0 Å². The number of esters is 1. The van der Waals surface area contributed by atoms with E-state index in [-0.39, 0.29) is 6.04 Å². The van der Waals surface area contributed by atoms with E-state index in [1.165, 1.54) is 0 Å². The molecule has 0 bridgehead atoms.